The predicted molar refractivity (Wildman–Crippen MR) is 57.0 cm³/mol. The highest BCUT2D eigenvalue weighted by molar-refractivity contribution is 5.92. The summed E-state index contributed by atoms with van der Waals surface area (Å²) in [5, 5.41) is 11.6. The van der Waals surface area contributed by atoms with Gasteiger partial charge in [0.1, 0.15) is 5.69 Å². The van der Waals surface area contributed by atoms with E-state index >= 15 is 0 Å². The van der Waals surface area contributed by atoms with Gasteiger partial charge in [-0.2, -0.15) is 0 Å². The van der Waals surface area contributed by atoms with Crippen molar-refractivity contribution in [2.24, 2.45) is 0 Å². The number of aliphatic hydroxyl groups excluding tert-OH is 1. The largest absolute Gasteiger partial charge is 0.392 e. The third-order valence-corrected chi connectivity index (χ3v) is 2.03. The van der Waals surface area contributed by atoms with Crippen LogP contribution < -0.4 is 5.32 Å². The molecule has 6 nitrogen and oxygen atoms in total. The van der Waals surface area contributed by atoms with Crippen LogP contribution in [0.4, 0.5) is 0 Å². The summed E-state index contributed by atoms with van der Waals surface area (Å²) in [6.45, 7) is 1.81. The SMILES string of the molecule is CC(O)CNC(=O)c1cn2cccnc2n1. The van der Waals surface area contributed by atoms with Crippen LogP contribution in [0.1, 0.15) is 17.4 Å². The van der Waals surface area contributed by atoms with Gasteiger partial charge in [0.05, 0.1) is 6.10 Å². The quantitative estimate of drug-likeness (QED) is 0.753. The van der Waals surface area contributed by atoms with Crippen molar-refractivity contribution in [3.63, 3.8) is 0 Å². The third-order valence-electron chi connectivity index (χ3n) is 2.03. The predicted octanol–water partition coefficient (Wildman–Crippen LogP) is -0.160. The minimum absolute atomic E-state index is 0.208. The van der Waals surface area contributed by atoms with Crippen LogP contribution in [0, 0.1) is 0 Å². The number of amides is 1. The molecule has 0 bridgehead atoms. The zero-order valence-electron chi connectivity index (χ0n) is 8.79. The van der Waals surface area contributed by atoms with Gasteiger partial charge in [-0.25, -0.2) is 9.97 Å². The number of hydrogen-bond acceptors (Lipinski definition) is 4. The first kappa shape index (κ1) is 10.6. The van der Waals surface area contributed by atoms with Gasteiger partial charge >= 0.3 is 0 Å². The molecule has 0 saturated carbocycles. The maximum Gasteiger partial charge on any atom is 0.271 e. The van der Waals surface area contributed by atoms with E-state index in [0.29, 0.717) is 11.5 Å². The highest BCUT2D eigenvalue weighted by Gasteiger charge is 2.10. The number of nitrogens with one attached hydrogen (secondary N) is 1. The van der Waals surface area contributed by atoms with Gasteiger partial charge in [-0.3, -0.25) is 9.20 Å². The first-order valence-electron chi connectivity index (χ1n) is 4.93. The second-order valence-electron chi connectivity index (χ2n) is 3.51. The Labute approximate surface area is 92.0 Å². The summed E-state index contributed by atoms with van der Waals surface area (Å²) in [4.78, 5) is 19.6. The van der Waals surface area contributed by atoms with Gasteiger partial charge in [0, 0.05) is 25.1 Å². The Bertz CT molecular complexity index is 473. The second-order valence-corrected chi connectivity index (χ2v) is 3.51. The normalized spacial score (nSPS) is 12.6. The molecule has 0 aromatic carbocycles. The van der Waals surface area contributed by atoms with Gasteiger partial charge in [-0.15, -0.1) is 0 Å². The zero-order chi connectivity index (χ0) is 11.5. The molecule has 1 unspecified atom stereocenters. The van der Waals surface area contributed by atoms with E-state index in [-0.39, 0.29) is 12.5 Å². The summed E-state index contributed by atoms with van der Waals surface area (Å²) < 4.78 is 1.66. The van der Waals surface area contributed by atoms with Crippen molar-refractivity contribution in [1.29, 1.82) is 0 Å². The number of imidazole rings is 1. The maximum absolute atomic E-state index is 11.6. The van der Waals surface area contributed by atoms with E-state index in [1.165, 1.54) is 0 Å². The van der Waals surface area contributed by atoms with Crippen LogP contribution in [0.3, 0.4) is 0 Å². The molecule has 84 valence electrons. The van der Waals surface area contributed by atoms with Crippen molar-refractivity contribution in [2.45, 2.75) is 13.0 Å². The van der Waals surface area contributed by atoms with Gasteiger partial charge in [-0.1, -0.05) is 0 Å². The van der Waals surface area contributed by atoms with Crippen LogP contribution in [0.15, 0.2) is 24.7 Å². The van der Waals surface area contributed by atoms with Crippen molar-refractivity contribution in [3.8, 4) is 0 Å². The molecule has 1 amide bonds. The summed E-state index contributed by atoms with van der Waals surface area (Å²) >= 11 is 0. The molecule has 16 heavy (non-hydrogen) atoms. The molecule has 2 N–H and O–H groups in total. The van der Waals surface area contributed by atoms with Crippen LogP contribution in [0.2, 0.25) is 0 Å². The van der Waals surface area contributed by atoms with Crippen molar-refractivity contribution >= 4 is 11.7 Å². The van der Waals surface area contributed by atoms with Gasteiger partial charge in [0.2, 0.25) is 5.78 Å². The van der Waals surface area contributed by atoms with Crippen LogP contribution in [-0.2, 0) is 0 Å². The minimum Gasteiger partial charge on any atom is -0.392 e. The minimum atomic E-state index is -0.570. The molecule has 0 aliphatic carbocycles. The fraction of sp³-hybridized carbons (Fsp3) is 0.300. The van der Waals surface area contributed by atoms with Crippen molar-refractivity contribution < 1.29 is 9.90 Å². The average Bonchev–Trinajstić information content (AvgIpc) is 2.69. The number of aliphatic hydroxyl groups is 1. The summed E-state index contributed by atoms with van der Waals surface area (Å²) in [5.74, 6) is 0.163. The van der Waals surface area contributed by atoms with E-state index in [2.05, 4.69) is 15.3 Å². The molecule has 0 aliphatic heterocycles. The smallest absolute Gasteiger partial charge is 0.271 e. The Kier molecular flexibility index (Phi) is 2.82. The molecule has 2 rings (SSSR count). The molecular weight excluding hydrogens is 208 g/mol. The number of hydrogen-bond donors (Lipinski definition) is 2. The van der Waals surface area contributed by atoms with Crippen molar-refractivity contribution in [3.05, 3.63) is 30.4 Å². The number of rotatable bonds is 3. The Hall–Kier alpha value is -1.95. The number of carbonyl (C=O) groups is 1. The van der Waals surface area contributed by atoms with Crippen molar-refractivity contribution in [1.82, 2.24) is 19.7 Å². The number of fused-ring (bicyclic) bond motifs is 1. The van der Waals surface area contributed by atoms with Gasteiger partial charge in [0.15, 0.2) is 0 Å². The number of nitrogens with zero attached hydrogens (tertiary/aromatic N) is 3. The highest BCUT2D eigenvalue weighted by atomic mass is 16.3. The summed E-state index contributed by atoms with van der Waals surface area (Å²) in [7, 11) is 0. The molecule has 1 atom stereocenters. The molecule has 2 aromatic heterocycles. The molecule has 0 spiro atoms. The first-order valence-corrected chi connectivity index (χ1v) is 4.93. The Morgan fingerprint density at radius 2 is 2.50 bits per heavy atom. The molecule has 0 radical (unpaired) electrons. The first-order chi connectivity index (χ1) is 7.66. The number of carbonyl (C=O) groups excluding carboxylic acids is 1. The van der Waals surface area contributed by atoms with E-state index in [1.54, 1.807) is 36.0 Å². The summed E-state index contributed by atoms with van der Waals surface area (Å²) in [6, 6.07) is 1.76. The van der Waals surface area contributed by atoms with E-state index < -0.39 is 6.10 Å². The van der Waals surface area contributed by atoms with Crippen LogP contribution >= 0.6 is 0 Å². The summed E-state index contributed by atoms with van der Waals surface area (Å²) in [6.07, 6.45) is 4.40. The standard InChI is InChI=1S/C10H12N4O2/c1-7(15)5-12-9(16)8-6-14-4-2-3-11-10(14)13-8/h2-4,6-7,15H,5H2,1H3,(H,12,16). The highest BCUT2D eigenvalue weighted by Crippen LogP contribution is 2.01. The second kappa shape index (κ2) is 4.28. The molecular formula is C10H12N4O2. The van der Waals surface area contributed by atoms with E-state index in [9.17, 15) is 4.79 Å². The average molecular weight is 220 g/mol. The third kappa shape index (κ3) is 2.17. The van der Waals surface area contributed by atoms with Crippen LogP contribution in [0.25, 0.3) is 5.78 Å². The lowest BCUT2D eigenvalue weighted by Crippen LogP contribution is -2.30. The van der Waals surface area contributed by atoms with Crippen LogP contribution in [-0.4, -0.2) is 38.0 Å². The van der Waals surface area contributed by atoms with E-state index in [4.69, 9.17) is 5.11 Å². The number of aromatic nitrogens is 3. The van der Waals surface area contributed by atoms with E-state index in [1.807, 2.05) is 0 Å². The molecule has 0 saturated heterocycles. The lowest BCUT2D eigenvalue weighted by molar-refractivity contribution is 0.0919. The van der Waals surface area contributed by atoms with Gasteiger partial charge in [-0.05, 0) is 13.0 Å². The lowest BCUT2D eigenvalue weighted by atomic mass is 10.4. The van der Waals surface area contributed by atoms with Gasteiger partial charge < -0.3 is 10.4 Å². The Morgan fingerprint density at radius 3 is 3.19 bits per heavy atom. The van der Waals surface area contributed by atoms with Gasteiger partial charge in [0.25, 0.3) is 5.91 Å². The molecule has 2 heterocycles. The molecule has 6 heteroatoms. The Morgan fingerprint density at radius 1 is 1.69 bits per heavy atom. The molecule has 0 fully saturated rings. The zero-order valence-corrected chi connectivity index (χ0v) is 8.79. The summed E-state index contributed by atoms with van der Waals surface area (Å²) in [5.41, 5.74) is 0.291. The van der Waals surface area contributed by atoms with Crippen molar-refractivity contribution in [2.75, 3.05) is 6.54 Å². The maximum atomic E-state index is 11.6. The Balaban J connectivity index is 2.17. The lowest BCUT2D eigenvalue weighted by Gasteiger charge is -2.04. The molecule has 0 aliphatic rings. The monoisotopic (exact) mass is 220 g/mol. The fourth-order valence-electron chi connectivity index (χ4n) is 1.27. The van der Waals surface area contributed by atoms with E-state index in [0.717, 1.165) is 0 Å². The topological polar surface area (TPSA) is 79.5 Å². The fourth-order valence-corrected chi connectivity index (χ4v) is 1.27. The van der Waals surface area contributed by atoms with Crippen LogP contribution in [0.5, 0.6) is 0 Å². The molecule has 2 aromatic rings.